The van der Waals surface area contributed by atoms with Crippen LogP contribution in [-0.4, -0.2) is 23.8 Å². The molecule has 3 aromatic carbocycles. The normalized spacial score (nSPS) is 11.4. The van der Waals surface area contributed by atoms with Gasteiger partial charge in [0.25, 0.3) is 0 Å². The number of hydrogen-bond acceptors (Lipinski definition) is 7. The van der Waals surface area contributed by atoms with Crippen LogP contribution in [-0.2, 0) is 33.0 Å². The van der Waals surface area contributed by atoms with Crippen molar-refractivity contribution in [3.63, 3.8) is 0 Å². The van der Waals surface area contributed by atoms with Crippen molar-refractivity contribution in [2.45, 2.75) is 33.9 Å². The predicted octanol–water partition coefficient (Wildman–Crippen LogP) is 5.17. The number of rotatable bonds is 10. The van der Waals surface area contributed by atoms with E-state index in [0.717, 1.165) is 18.1 Å². The first-order valence-electron chi connectivity index (χ1n) is 11.5. The topological polar surface area (TPSA) is 111 Å². The van der Waals surface area contributed by atoms with Gasteiger partial charge in [0.05, 0.1) is 6.54 Å². The summed E-state index contributed by atoms with van der Waals surface area (Å²) in [6.07, 6.45) is 0. The summed E-state index contributed by atoms with van der Waals surface area (Å²) in [6, 6.07) is 23.2. The average molecular weight is 522 g/mol. The van der Waals surface area contributed by atoms with E-state index >= 15 is 0 Å². The maximum absolute atomic E-state index is 13.0. The van der Waals surface area contributed by atoms with Crippen LogP contribution in [0.5, 0.6) is 5.75 Å². The number of carbonyl (C=O) groups excluding carboxylic acids is 1. The van der Waals surface area contributed by atoms with Gasteiger partial charge in [-0.3, -0.25) is 9.52 Å². The van der Waals surface area contributed by atoms with Crippen LogP contribution in [0, 0.1) is 13.8 Å². The highest BCUT2D eigenvalue weighted by molar-refractivity contribution is 7.90. The van der Waals surface area contributed by atoms with Gasteiger partial charge in [-0.2, -0.15) is 8.42 Å². The van der Waals surface area contributed by atoms with Gasteiger partial charge in [0, 0.05) is 18.2 Å². The van der Waals surface area contributed by atoms with E-state index in [1.807, 2.05) is 44.2 Å². The summed E-state index contributed by atoms with van der Waals surface area (Å²) in [7, 11) is -4.20. The van der Waals surface area contributed by atoms with E-state index < -0.39 is 16.2 Å². The Bertz CT molecular complexity index is 1470. The number of ether oxygens (including phenoxy) is 1. The Hall–Kier alpha value is -4.15. The molecular formula is C27H27N3O6S. The molecule has 9 nitrogen and oxygen atoms in total. The molecule has 1 heterocycles. The summed E-state index contributed by atoms with van der Waals surface area (Å²) in [4.78, 5) is 21.2. The third kappa shape index (κ3) is 6.96. The molecule has 0 fully saturated rings. The van der Waals surface area contributed by atoms with E-state index in [0.29, 0.717) is 38.8 Å². The lowest BCUT2D eigenvalue weighted by atomic mass is 10.2. The second kappa shape index (κ2) is 11.3. The zero-order valence-electron chi connectivity index (χ0n) is 20.7. The fraction of sp³-hybridized carbons (Fsp3) is 0.185. The molecule has 0 bridgehead atoms. The number of hydroxylamine groups is 1. The maximum Gasteiger partial charge on any atom is 0.333 e. The van der Waals surface area contributed by atoms with E-state index in [4.69, 9.17) is 14.0 Å². The SMILES string of the molecule is CC(=O)ON(Cc1cccc(OCc2nc(-c3ccccc3)oc2C)c1)S(=O)(=O)Nc1ccc(C)cc1. The molecule has 0 amide bonds. The molecule has 10 heteroatoms. The summed E-state index contributed by atoms with van der Waals surface area (Å²) in [6.45, 7) is 4.78. The Morgan fingerprint density at radius 1 is 1.00 bits per heavy atom. The molecule has 0 unspecified atom stereocenters. The number of anilines is 1. The monoisotopic (exact) mass is 521 g/mol. The number of benzene rings is 3. The van der Waals surface area contributed by atoms with E-state index in [2.05, 4.69) is 9.71 Å². The van der Waals surface area contributed by atoms with Gasteiger partial charge in [0.15, 0.2) is 0 Å². The second-order valence-electron chi connectivity index (χ2n) is 8.34. The van der Waals surface area contributed by atoms with Crippen LogP contribution in [0.1, 0.15) is 29.5 Å². The lowest BCUT2D eigenvalue weighted by Gasteiger charge is -2.21. The maximum atomic E-state index is 13.0. The first-order chi connectivity index (χ1) is 17.7. The summed E-state index contributed by atoms with van der Waals surface area (Å²) in [5.74, 6) is 0.878. The smallest absolute Gasteiger partial charge is 0.333 e. The molecule has 0 aliphatic carbocycles. The first kappa shape index (κ1) is 25.9. The molecule has 0 spiro atoms. The average Bonchev–Trinajstić information content (AvgIpc) is 3.24. The molecule has 1 aromatic heterocycles. The first-order valence-corrected chi connectivity index (χ1v) is 12.9. The Morgan fingerprint density at radius 2 is 1.73 bits per heavy atom. The predicted molar refractivity (Wildman–Crippen MR) is 138 cm³/mol. The van der Waals surface area contributed by atoms with E-state index in [-0.39, 0.29) is 13.2 Å². The summed E-state index contributed by atoms with van der Waals surface area (Å²) >= 11 is 0. The van der Waals surface area contributed by atoms with Crippen LogP contribution >= 0.6 is 0 Å². The number of aryl methyl sites for hydroxylation is 2. The zero-order valence-corrected chi connectivity index (χ0v) is 21.5. The Morgan fingerprint density at radius 3 is 2.43 bits per heavy atom. The third-order valence-corrected chi connectivity index (χ3v) is 6.53. The lowest BCUT2D eigenvalue weighted by molar-refractivity contribution is -0.167. The molecule has 1 N–H and O–H groups in total. The fourth-order valence-electron chi connectivity index (χ4n) is 3.43. The van der Waals surface area contributed by atoms with E-state index in [1.54, 1.807) is 48.5 Å². The van der Waals surface area contributed by atoms with Crippen molar-refractivity contribution in [1.82, 2.24) is 9.45 Å². The van der Waals surface area contributed by atoms with Crippen LogP contribution in [0.2, 0.25) is 0 Å². The highest BCUT2D eigenvalue weighted by atomic mass is 32.2. The highest BCUT2D eigenvalue weighted by Gasteiger charge is 2.26. The second-order valence-corrected chi connectivity index (χ2v) is 9.90. The number of aromatic nitrogens is 1. The van der Waals surface area contributed by atoms with Gasteiger partial charge >= 0.3 is 16.2 Å². The minimum absolute atomic E-state index is 0.159. The molecule has 0 aliphatic rings. The van der Waals surface area contributed by atoms with Gasteiger partial charge in [0.2, 0.25) is 5.89 Å². The zero-order chi connectivity index (χ0) is 26.4. The Labute approximate surface area is 215 Å². The standard InChI is InChI=1S/C27H27N3O6S/c1-19-12-14-24(15-13-19)29-37(32,33)30(36-21(3)31)17-22-8-7-11-25(16-22)34-18-26-20(2)35-27(28-26)23-9-5-4-6-10-23/h4-16,29H,17-18H2,1-3H3. The minimum Gasteiger partial charge on any atom is -0.487 e. The van der Waals surface area contributed by atoms with Crippen molar-refractivity contribution in [2.75, 3.05) is 4.72 Å². The number of nitrogens with zero attached hydrogens (tertiary/aromatic N) is 2. The molecule has 0 radical (unpaired) electrons. The third-order valence-electron chi connectivity index (χ3n) is 5.30. The Balaban J connectivity index is 1.46. The number of oxazole rings is 1. The van der Waals surface area contributed by atoms with Gasteiger partial charge < -0.3 is 14.0 Å². The van der Waals surface area contributed by atoms with Crippen molar-refractivity contribution in [2.24, 2.45) is 0 Å². The molecule has 4 aromatic rings. The molecule has 4 rings (SSSR count). The van der Waals surface area contributed by atoms with Crippen molar-refractivity contribution < 1.29 is 27.2 Å². The van der Waals surface area contributed by atoms with E-state index in [1.165, 1.54) is 0 Å². The van der Waals surface area contributed by atoms with Gasteiger partial charge in [-0.15, -0.1) is 0 Å². The molecule has 0 saturated carbocycles. The summed E-state index contributed by atoms with van der Waals surface area (Å²) in [5.41, 5.74) is 3.39. The number of hydrogen-bond donors (Lipinski definition) is 1. The molecule has 0 atom stereocenters. The quantitative estimate of drug-likeness (QED) is 0.287. The van der Waals surface area contributed by atoms with Crippen LogP contribution in [0.4, 0.5) is 5.69 Å². The minimum atomic E-state index is -4.20. The number of carbonyl (C=O) groups is 1. The fourth-order valence-corrected chi connectivity index (χ4v) is 4.49. The van der Waals surface area contributed by atoms with Crippen LogP contribution in [0.15, 0.2) is 83.3 Å². The molecule has 192 valence electrons. The van der Waals surface area contributed by atoms with Gasteiger partial charge in [-0.25, -0.2) is 4.98 Å². The van der Waals surface area contributed by atoms with Crippen molar-refractivity contribution in [1.29, 1.82) is 0 Å². The van der Waals surface area contributed by atoms with Crippen LogP contribution in [0.3, 0.4) is 0 Å². The summed E-state index contributed by atoms with van der Waals surface area (Å²) in [5, 5.41) is 0. The van der Waals surface area contributed by atoms with Gasteiger partial charge in [0.1, 0.15) is 23.8 Å². The van der Waals surface area contributed by atoms with Gasteiger partial charge in [-0.1, -0.05) is 48.0 Å². The molecule has 37 heavy (non-hydrogen) atoms. The van der Waals surface area contributed by atoms with Crippen molar-refractivity contribution in [3.05, 3.63) is 101 Å². The van der Waals surface area contributed by atoms with Crippen molar-refractivity contribution in [3.8, 4) is 17.2 Å². The summed E-state index contributed by atoms with van der Waals surface area (Å²) < 4.78 is 40.6. The van der Waals surface area contributed by atoms with Crippen LogP contribution in [0.25, 0.3) is 11.5 Å². The van der Waals surface area contributed by atoms with Gasteiger partial charge in [-0.05, 0) is 60.3 Å². The largest absolute Gasteiger partial charge is 0.487 e. The lowest BCUT2D eigenvalue weighted by Crippen LogP contribution is -2.36. The molecule has 0 aliphatic heterocycles. The Kier molecular flexibility index (Phi) is 7.90. The molecule has 0 saturated heterocycles. The van der Waals surface area contributed by atoms with Crippen molar-refractivity contribution >= 4 is 21.9 Å². The van der Waals surface area contributed by atoms with E-state index in [9.17, 15) is 13.2 Å². The van der Waals surface area contributed by atoms with Crippen LogP contribution < -0.4 is 9.46 Å². The molecular weight excluding hydrogens is 494 g/mol. The number of nitrogens with one attached hydrogen (secondary N) is 1. The highest BCUT2D eigenvalue weighted by Crippen LogP contribution is 2.24.